The van der Waals surface area contributed by atoms with Crippen LogP contribution in [0.2, 0.25) is 0 Å². The first-order valence-electron chi connectivity index (χ1n) is 7.65. The Morgan fingerprint density at radius 1 is 1.12 bits per heavy atom. The predicted molar refractivity (Wildman–Crippen MR) is 102 cm³/mol. The second-order valence-corrected chi connectivity index (χ2v) is 8.71. The minimum Gasteiger partial charge on any atom is -0.328 e. The highest BCUT2D eigenvalue weighted by atomic mass is 35.5. The van der Waals surface area contributed by atoms with Gasteiger partial charge in [0, 0.05) is 5.56 Å². The third-order valence-electron chi connectivity index (χ3n) is 3.61. The number of sulfone groups is 1. The van der Waals surface area contributed by atoms with E-state index in [-0.39, 0.29) is 25.9 Å². The summed E-state index contributed by atoms with van der Waals surface area (Å²) in [6, 6.07) is 15.5. The molecule has 0 unspecified atom stereocenters. The first kappa shape index (κ1) is 18.7. The molecule has 0 fully saturated rings. The molecule has 5 nitrogen and oxygen atoms in total. The molecule has 3 rings (SSSR count). The van der Waals surface area contributed by atoms with Crippen LogP contribution in [0.1, 0.15) is 5.56 Å². The third kappa shape index (κ3) is 3.85. The highest BCUT2D eigenvalue weighted by Crippen LogP contribution is 2.32. The summed E-state index contributed by atoms with van der Waals surface area (Å²) in [5.74, 6) is 0.145. The van der Waals surface area contributed by atoms with Crippen molar-refractivity contribution < 1.29 is 13.2 Å². The van der Waals surface area contributed by atoms with Crippen LogP contribution < -0.4 is 0 Å². The predicted octanol–water partition coefficient (Wildman–Crippen LogP) is 4.08. The van der Waals surface area contributed by atoms with Crippen LogP contribution in [-0.4, -0.2) is 29.4 Å². The van der Waals surface area contributed by atoms with Crippen molar-refractivity contribution in [1.29, 1.82) is 0 Å². The summed E-state index contributed by atoms with van der Waals surface area (Å²) in [4.78, 5) is 19.1. The number of halogens is 1. The van der Waals surface area contributed by atoms with E-state index in [2.05, 4.69) is 9.97 Å². The van der Waals surface area contributed by atoms with Gasteiger partial charge in [0.1, 0.15) is 10.9 Å². The number of carbonyl (C=O) groups excluding carboxylic acids is 1. The molecule has 26 heavy (non-hydrogen) atoms. The minimum absolute atomic E-state index is 0.0927. The van der Waals surface area contributed by atoms with Crippen LogP contribution in [0.15, 0.2) is 69.5 Å². The summed E-state index contributed by atoms with van der Waals surface area (Å²) >= 11 is 6.29. The van der Waals surface area contributed by atoms with Gasteiger partial charge in [0.05, 0.1) is 10.8 Å². The van der Waals surface area contributed by atoms with Crippen LogP contribution in [0.25, 0.3) is 11.4 Å². The molecule has 8 heteroatoms. The highest BCUT2D eigenvalue weighted by molar-refractivity contribution is 8.14. The number of nitrogens with one attached hydrogen (secondary N) is 1. The van der Waals surface area contributed by atoms with E-state index < -0.39 is 9.84 Å². The topological polar surface area (TPSA) is 79.9 Å². The van der Waals surface area contributed by atoms with E-state index >= 15 is 0 Å². The molecule has 1 N–H and O–H groups in total. The monoisotopic (exact) mass is 406 g/mol. The Bertz CT molecular complexity index is 1030. The fourth-order valence-corrected chi connectivity index (χ4v) is 4.72. The van der Waals surface area contributed by atoms with Crippen molar-refractivity contribution in [1.82, 2.24) is 9.97 Å². The van der Waals surface area contributed by atoms with Gasteiger partial charge in [-0.05, 0) is 30.8 Å². The molecule has 0 aliphatic rings. The van der Waals surface area contributed by atoms with Gasteiger partial charge in [0.15, 0.2) is 5.03 Å². The highest BCUT2D eigenvalue weighted by Gasteiger charge is 2.27. The zero-order valence-corrected chi connectivity index (χ0v) is 16.2. The zero-order chi connectivity index (χ0) is 18.7. The normalized spacial score (nSPS) is 11.5. The summed E-state index contributed by atoms with van der Waals surface area (Å²) < 4.78 is 26.0. The number of aromatic nitrogens is 2. The van der Waals surface area contributed by atoms with Crippen molar-refractivity contribution in [3.8, 4) is 11.4 Å². The molecule has 0 amide bonds. The summed E-state index contributed by atoms with van der Waals surface area (Å²) in [5, 5.41) is -0.393. The second-order valence-electron chi connectivity index (χ2n) is 5.51. The van der Waals surface area contributed by atoms with Gasteiger partial charge in [0.25, 0.3) is 0 Å². The number of carbonyl (C=O) groups is 1. The van der Waals surface area contributed by atoms with Gasteiger partial charge in [-0.15, -0.1) is 11.6 Å². The maximum Gasteiger partial charge on any atom is 0.224 e. The van der Waals surface area contributed by atoms with Crippen LogP contribution in [0.3, 0.4) is 0 Å². The van der Waals surface area contributed by atoms with Gasteiger partial charge in [-0.3, -0.25) is 4.79 Å². The smallest absolute Gasteiger partial charge is 0.224 e. The molecule has 0 aliphatic heterocycles. The lowest BCUT2D eigenvalue weighted by Crippen LogP contribution is -2.05. The molecule has 0 atom stereocenters. The fraction of sp³-hybridized carbons (Fsp3) is 0.111. The summed E-state index contributed by atoms with van der Waals surface area (Å²) in [5.41, 5.74) is 1.80. The average Bonchev–Trinajstić information content (AvgIpc) is 3.07. The van der Waals surface area contributed by atoms with E-state index in [1.165, 1.54) is 12.1 Å². The summed E-state index contributed by atoms with van der Waals surface area (Å²) in [6.45, 7) is 1.96. The van der Waals surface area contributed by atoms with Crippen molar-refractivity contribution >= 4 is 38.3 Å². The van der Waals surface area contributed by atoms with Gasteiger partial charge in [-0.2, -0.15) is 0 Å². The summed E-state index contributed by atoms with van der Waals surface area (Å²) in [7, 11) is -3.85. The maximum atomic E-state index is 13.0. The first-order valence-corrected chi connectivity index (χ1v) is 10.5. The Balaban J connectivity index is 2.13. The quantitative estimate of drug-likeness (QED) is 0.510. The number of hydrogen-bond acceptors (Lipinski definition) is 5. The van der Waals surface area contributed by atoms with Crippen molar-refractivity contribution in [2.45, 2.75) is 21.9 Å². The van der Waals surface area contributed by atoms with E-state index in [9.17, 15) is 13.2 Å². The summed E-state index contributed by atoms with van der Waals surface area (Å²) in [6.07, 6.45) is 0. The molecular formula is C18H15ClN2O3S2. The molecule has 0 radical (unpaired) electrons. The number of H-pyrrole nitrogens is 1. The van der Waals surface area contributed by atoms with E-state index in [0.29, 0.717) is 5.82 Å². The molecule has 1 heterocycles. The lowest BCUT2D eigenvalue weighted by atomic mass is 10.1. The number of benzene rings is 2. The number of thioether (sulfide) groups is 1. The van der Waals surface area contributed by atoms with E-state index in [0.717, 1.165) is 22.9 Å². The Morgan fingerprint density at radius 2 is 1.77 bits per heavy atom. The number of hydrogen-bond donors (Lipinski definition) is 1. The lowest BCUT2D eigenvalue weighted by Gasteiger charge is -2.03. The largest absolute Gasteiger partial charge is 0.328 e. The Morgan fingerprint density at radius 3 is 2.38 bits per heavy atom. The molecule has 0 spiro atoms. The molecule has 134 valence electrons. The molecule has 0 aliphatic carbocycles. The van der Waals surface area contributed by atoms with Gasteiger partial charge < -0.3 is 4.98 Å². The standard InChI is InChI=1S/C18H15ClN2O3S2/c1-12-7-9-13(10-8-12)16-20-17(25-15(22)11-19)18(21-16)26(23,24)14-5-3-2-4-6-14/h2-10H,11H2,1H3,(H,20,21). The number of aromatic amines is 1. The van der Waals surface area contributed by atoms with Gasteiger partial charge in [-0.25, -0.2) is 13.4 Å². The van der Waals surface area contributed by atoms with Crippen LogP contribution >= 0.6 is 23.4 Å². The Labute approximate surface area is 160 Å². The molecule has 1 aromatic heterocycles. The van der Waals surface area contributed by atoms with Crippen molar-refractivity contribution in [3.05, 3.63) is 60.2 Å². The Hall–Kier alpha value is -2.09. The second kappa shape index (κ2) is 7.65. The lowest BCUT2D eigenvalue weighted by molar-refractivity contribution is -0.108. The SMILES string of the molecule is Cc1ccc(-c2nc(SC(=O)CCl)c(S(=O)(=O)c3ccccc3)[nH]2)cc1. The molecule has 0 bridgehead atoms. The average molecular weight is 407 g/mol. The minimum atomic E-state index is -3.85. The van der Waals surface area contributed by atoms with E-state index in [1.807, 2.05) is 31.2 Å². The first-order chi connectivity index (χ1) is 12.4. The van der Waals surface area contributed by atoms with Crippen LogP contribution in [-0.2, 0) is 14.6 Å². The molecule has 0 saturated carbocycles. The van der Waals surface area contributed by atoms with Gasteiger partial charge >= 0.3 is 0 Å². The van der Waals surface area contributed by atoms with Crippen LogP contribution in [0.5, 0.6) is 0 Å². The third-order valence-corrected chi connectivity index (χ3v) is 6.72. The fourth-order valence-electron chi connectivity index (χ4n) is 2.29. The van der Waals surface area contributed by atoms with Crippen molar-refractivity contribution in [2.24, 2.45) is 0 Å². The molecule has 0 saturated heterocycles. The van der Waals surface area contributed by atoms with Crippen LogP contribution in [0.4, 0.5) is 0 Å². The van der Waals surface area contributed by atoms with Crippen molar-refractivity contribution in [2.75, 3.05) is 5.88 Å². The molecular weight excluding hydrogens is 392 g/mol. The van der Waals surface area contributed by atoms with Crippen molar-refractivity contribution in [3.63, 3.8) is 0 Å². The molecule has 3 aromatic rings. The number of alkyl halides is 1. The van der Waals surface area contributed by atoms with Gasteiger partial charge in [-0.1, -0.05) is 48.0 Å². The number of rotatable bonds is 5. The number of aryl methyl sites for hydroxylation is 1. The Kier molecular flexibility index (Phi) is 5.50. The van der Waals surface area contributed by atoms with Gasteiger partial charge in [0.2, 0.25) is 15.0 Å². The molecule has 2 aromatic carbocycles. The number of nitrogens with zero attached hydrogens (tertiary/aromatic N) is 1. The number of imidazole rings is 1. The van der Waals surface area contributed by atoms with E-state index in [1.54, 1.807) is 18.2 Å². The zero-order valence-electron chi connectivity index (χ0n) is 13.8. The van der Waals surface area contributed by atoms with Crippen LogP contribution in [0, 0.1) is 6.92 Å². The van der Waals surface area contributed by atoms with E-state index in [4.69, 9.17) is 11.6 Å². The maximum absolute atomic E-state index is 13.0.